The van der Waals surface area contributed by atoms with Crippen LogP contribution in [0.2, 0.25) is 12.1 Å². The minimum Gasteiger partial charge on any atom is -0.319 e. The van der Waals surface area contributed by atoms with E-state index in [2.05, 4.69) is 24.3 Å². The van der Waals surface area contributed by atoms with Crippen molar-refractivity contribution in [2.24, 2.45) is 0 Å². The van der Waals surface area contributed by atoms with Gasteiger partial charge < -0.3 is 4.48 Å². The maximum absolute atomic E-state index is 12.9. The van der Waals surface area contributed by atoms with E-state index in [1.54, 1.807) is 7.05 Å². The zero-order valence-electron chi connectivity index (χ0n) is 13.9. The zero-order chi connectivity index (χ0) is 17.3. The maximum atomic E-state index is 12.9. The number of benzene rings is 2. The maximum Gasteiger partial charge on any atom is 0.438 e. The second-order valence-electron chi connectivity index (χ2n) is 7.15. The minimum absolute atomic E-state index is 0.109. The first-order valence-corrected chi connectivity index (χ1v) is 10.8. The largest absolute Gasteiger partial charge is 0.438 e. The fraction of sp³-hybridized carbons (Fsp3) is 0.368. The molecule has 24 heavy (non-hydrogen) atoms. The first kappa shape index (κ1) is 17.2. The van der Waals surface area contributed by atoms with Crippen molar-refractivity contribution in [1.29, 1.82) is 0 Å². The molecule has 1 aliphatic heterocycles. The third kappa shape index (κ3) is 3.57. The van der Waals surface area contributed by atoms with E-state index >= 15 is 0 Å². The molecule has 0 bridgehead atoms. The summed E-state index contributed by atoms with van der Waals surface area (Å²) in [5.41, 5.74) is 0. The summed E-state index contributed by atoms with van der Waals surface area (Å²) in [7, 11) is -0.230. The van der Waals surface area contributed by atoms with Crippen molar-refractivity contribution in [3.63, 3.8) is 0 Å². The van der Waals surface area contributed by atoms with Gasteiger partial charge in [0.05, 0.1) is 20.1 Å². The molecule has 5 heteroatoms. The molecule has 0 aliphatic carbocycles. The fourth-order valence-corrected chi connectivity index (χ4v) is 9.25. The second kappa shape index (κ2) is 6.37. The van der Waals surface area contributed by atoms with Crippen LogP contribution in [0.3, 0.4) is 0 Å². The summed E-state index contributed by atoms with van der Waals surface area (Å²) in [6.45, 7) is 0.464. The average Bonchev–Trinajstić information content (AvgIpc) is 2.56. The highest BCUT2D eigenvalue weighted by atomic mass is 28.3. The SMILES string of the molecule is C[N+]1(CC(F)(F)F)CC[Si](c2ccccc2)(c2ccccc2)CC1. The molecular formula is C19H23F3NSi+. The van der Waals surface area contributed by atoms with Gasteiger partial charge in [-0.1, -0.05) is 71.0 Å². The molecule has 0 aromatic heterocycles. The van der Waals surface area contributed by atoms with Crippen LogP contribution in [0.15, 0.2) is 60.7 Å². The number of hydrogen-bond acceptors (Lipinski definition) is 0. The van der Waals surface area contributed by atoms with Crippen LogP contribution in [0.5, 0.6) is 0 Å². The lowest BCUT2D eigenvalue weighted by Gasteiger charge is -2.46. The number of nitrogens with zero attached hydrogens (tertiary/aromatic N) is 1. The zero-order valence-corrected chi connectivity index (χ0v) is 14.9. The molecule has 2 aromatic rings. The van der Waals surface area contributed by atoms with E-state index in [0.29, 0.717) is 13.1 Å². The van der Waals surface area contributed by atoms with E-state index in [1.807, 2.05) is 36.4 Å². The molecule has 1 saturated heterocycles. The van der Waals surface area contributed by atoms with Crippen molar-refractivity contribution in [3.8, 4) is 0 Å². The molecule has 0 spiro atoms. The average molecular weight is 350 g/mol. The van der Waals surface area contributed by atoms with E-state index in [0.717, 1.165) is 12.1 Å². The molecule has 0 unspecified atom stereocenters. The summed E-state index contributed by atoms with van der Waals surface area (Å²) in [6.07, 6.45) is -4.10. The molecule has 3 rings (SSSR count). The van der Waals surface area contributed by atoms with Gasteiger partial charge in [-0.25, -0.2) is 0 Å². The van der Waals surface area contributed by atoms with Crippen LogP contribution in [0.4, 0.5) is 13.2 Å². The van der Waals surface area contributed by atoms with Gasteiger partial charge in [0.2, 0.25) is 0 Å². The molecule has 0 amide bonds. The molecule has 128 valence electrons. The number of hydrogen-bond donors (Lipinski definition) is 0. The first-order valence-electron chi connectivity index (χ1n) is 8.34. The topological polar surface area (TPSA) is 0 Å². The van der Waals surface area contributed by atoms with Crippen LogP contribution in [-0.4, -0.2) is 45.4 Å². The summed E-state index contributed by atoms with van der Waals surface area (Å²) in [4.78, 5) is 0. The number of halogens is 3. The quantitative estimate of drug-likeness (QED) is 0.589. The lowest BCUT2D eigenvalue weighted by atomic mass is 10.3. The van der Waals surface area contributed by atoms with Crippen molar-refractivity contribution >= 4 is 18.4 Å². The monoisotopic (exact) mass is 350 g/mol. The van der Waals surface area contributed by atoms with Gasteiger partial charge in [-0.2, -0.15) is 13.2 Å². The molecule has 0 N–H and O–H groups in total. The van der Waals surface area contributed by atoms with Crippen LogP contribution in [0.25, 0.3) is 0 Å². The first-order chi connectivity index (χ1) is 11.3. The Hall–Kier alpha value is -1.59. The Morgan fingerprint density at radius 2 is 1.25 bits per heavy atom. The summed E-state index contributed by atoms with van der Waals surface area (Å²) in [6, 6.07) is 22.6. The van der Waals surface area contributed by atoms with E-state index in [9.17, 15) is 13.2 Å². The number of rotatable bonds is 3. The van der Waals surface area contributed by atoms with Gasteiger partial charge in [-0.3, -0.25) is 0 Å². The molecule has 0 radical (unpaired) electrons. The van der Waals surface area contributed by atoms with Crippen LogP contribution in [-0.2, 0) is 0 Å². The van der Waals surface area contributed by atoms with Crippen molar-refractivity contribution < 1.29 is 17.7 Å². The van der Waals surface area contributed by atoms with Gasteiger partial charge in [0, 0.05) is 12.1 Å². The Morgan fingerprint density at radius 3 is 1.62 bits per heavy atom. The van der Waals surface area contributed by atoms with Crippen LogP contribution < -0.4 is 10.4 Å². The standard InChI is InChI=1S/C19H23F3NSi/c1-23(16-19(20,21)22)12-14-24(15-13-23,17-8-4-2-5-9-17)18-10-6-3-7-11-18/h2-11H,12-16H2,1H3/q+1. The molecular weight excluding hydrogens is 327 g/mol. The van der Waals surface area contributed by atoms with Gasteiger partial charge >= 0.3 is 6.18 Å². The van der Waals surface area contributed by atoms with Gasteiger partial charge in [-0.05, 0) is 0 Å². The van der Waals surface area contributed by atoms with Gasteiger partial charge in [0.15, 0.2) is 6.54 Å². The summed E-state index contributed by atoms with van der Waals surface area (Å²) in [5, 5.41) is 2.68. The van der Waals surface area contributed by atoms with Crippen molar-refractivity contribution in [3.05, 3.63) is 60.7 Å². The highest BCUT2D eigenvalue weighted by molar-refractivity contribution is 7.02. The predicted molar refractivity (Wildman–Crippen MR) is 94.4 cm³/mol. The van der Waals surface area contributed by atoms with E-state index < -0.39 is 20.8 Å². The predicted octanol–water partition coefficient (Wildman–Crippen LogP) is 3.27. The van der Waals surface area contributed by atoms with E-state index in [-0.39, 0.29) is 4.48 Å². The van der Waals surface area contributed by atoms with Gasteiger partial charge in [-0.15, -0.1) is 0 Å². The molecule has 1 fully saturated rings. The Bertz CT molecular complexity index is 621. The normalized spacial score (nSPS) is 19.8. The fourth-order valence-electron chi connectivity index (χ4n) is 4.01. The lowest BCUT2D eigenvalue weighted by Crippen LogP contribution is -2.67. The molecule has 2 aromatic carbocycles. The van der Waals surface area contributed by atoms with E-state index in [1.165, 1.54) is 10.4 Å². The summed E-state index contributed by atoms with van der Waals surface area (Å²) >= 11 is 0. The smallest absolute Gasteiger partial charge is 0.319 e. The van der Waals surface area contributed by atoms with Gasteiger partial charge in [0.1, 0.15) is 8.07 Å². The van der Waals surface area contributed by atoms with Crippen molar-refractivity contribution in [1.82, 2.24) is 0 Å². The van der Waals surface area contributed by atoms with Crippen LogP contribution in [0, 0.1) is 0 Å². The highest BCUT2D eigenvalue weighted by Crippen LogP contribution is 2.30. The minimum atomic E-state index is -4.10. The molecule has 0 atom stereocenters. The number of quaternary nitrogens is 1. The molecule has 1 heterocycles. The van der Waals surface area contributed by atoms with Crippen molar-refractivity contribution in [2.45, 2.75) is 18.3 Å². The lowest BCUT2D eigenvalue weighted by molar-refractivity contribution is -0.917. The van der Waals surface area contributed by atoms with Gasteiger partial charge in [0.25, 0.3) is 0 Å². The third-order valence-electron chi connectivity index (χ3n) is 5.37. The van der Waals surface area contributed by atoms with Crippen molar-refractivity contribution in [2.75, 3.05) is 26.7 Å². The van der Waals surface area contributed by atoms with Crippen LogP contribution >= 0.6 is 0 Å². The Morgan fingerprint density at radius 1 is 0.833 bits per heavy atom. The molecule has 0 saturated carbocycles. The molecule has 1 nitrogen and oxygen atoms in total. The Kier molecular flexibility index (Phi) is 4.58. The third-order valence-corrected chi connectivity index (χ3v) is 10.4. The molecule has 1 aliphatic rings. The van der Waals surface area contributed by atoms with E-state index in [4.69, 9.17) is 0 Å². The summed E-state index contributed by atoms with van der Waals surface area (Å²) < 4.78 is 38.9. The summed E-state index contributed by atoms with van der Waals surface area (Å²) in [5.74, 6) is 0. The Labute approximate surface area is 142 Å². The number of alkyl halides is 3. The second-order valence-corrected chi connectivity index (χ2v) is 11.5. The van der Waals surface area contributed by atoms with Crippen LogP contribution in [0.1, 0.15) is 0 Å². The highest BCUT2D eigenvalue weighted by Gasteiger charge is 2.48. The Balaban J connectivity index is 1.93.